The third kappa shape index (κ3) is 3.29. The van der Waals surface area contributed by atoms with E-state index in [4.69, 9.17) is 20.2 Å². The first-order chi connectivity index (χ1) is 15.6. The largest absolute Gasteiger partial charge is 0.493 e. The first-order valence-corrected chi connectivity index (χ1v) is 10.6. The number of rotatable bonds is 5. The number of benzene rings is 2. The van der Waals surface area contributed by atoms with Crippen molar-refractivity contribution < 1.29 is 13.9 Å². The van der Waals surface area contributed by atoms with Crippen molar-refractivity contribution in [1.29, 1.82) is 0 Å². The number of halogens is 1. The van der Waals surface area contributed by atoms with Crippen LogP contribution < -0.4 is 20.5 Å². The molecule has 4 aromatic rings. The molecule has 5 rings (SSSR count). The fraction of sp³-hybridized carbons (Fsp3) is 0.348. The van der Waals surface area contributed by atoms with Gasteiger partial charge in [-0.05, 0) is 24.9 Å². The summed E-state index contributed by atoms with van der Waals surface area (Å²) in [4.78, 5) is 9.40. The van der Waals surface area contributed by atoms with E-state index in [9.17, 15) is 0 Å². The number of nitrogens with two attached hydrogens (primary N) is 1. The minimum atomic E-state index is -0.592. The number of hydrogen-bond donors (Lipinski definition) is 2. The number of nitrogen functional groups attached to an aromatic ring is 1. The second-order valence-electron chi connectivity index (χ2n) is 7.96. The average molecular weight is 436 g/mol. The van der Waals surface area contributed by atoms with Crippen LogP contribution >= 0.6 is 0 Å². The molecule has 3 heterocycles. The molecule has 0 aliphatic carbocycles. The highest BCUT2D eigenvalue weighted by Gasteiger charge is 2.28. The molecule has 1 fully saturated rings. The Labute approximate surface area is 184 Å². The van der Waals surface area contributed by atoms with Crippen LogP contribution in [0.3, 0.4) is 0 Å². The number of nitrogens with one attached hydrogen (secondary N) is 1. The van der Waals surface area contributed by atoms with E-state index in [0.29, 0.717) is 34.4 Å². The monoisotopic (exact) mass is 436 g/mol. The third-order valence-corrected chi connectivity index (χ3v) is 6.01. The molecule has 9 heteroatoms. The molecule has 1 saturated heterocycles. The summed E-state index contributed by atoms with van der Waals surface area (Å²) in [6.07, 6.45) is 2.44. The van der Waals surface area contributed by atoms with Crippen molar-refractivity contribution in [2.45, 2.75) is 25.2 Å². The molecule has 8 nitrogen and oxygen atoms in total. The molecule has 2 aromatic heterocycles. The van der Waals surface area contributed by atoms with E-state index in [-0.39, 0.29) is 23.4 Å². The minimum Gasteiger partial charge on any atom is -0.493 e. The van der Waals surface area contributed by atoms with Crippen molar-refractivity contribution in [1.82, 2.24) is 24.9 Å². The number of methoxy groups -OCH3 is 2. The first kappa shape index (κ1) is 20.4. The quantitative estimate of drug-likeness (QED) is 0.496. The highest BCUT2D eigenvalue weighted by atomic mass is 19.1. The first-order valence-electron chi connectivity index (χ1n) is 10.6. The van der Waals surface area contributed by atoms with Gasteiger partial charge < -0.3 is 20.5 Å². The number of ether oxygens (including phenoxy) is 2. The van der Waals surface area contributed by atoms with Gasteiger partial charge in [0.05, 0.1) is 25.1 Å². The highest BCUT2D eigenvalue weighted by Crippen LogP contribution is 2.42. The summed E-state index contributed by atoms with van der Waals surface area (Å²) in [5, 5.41) is 8.43. The van der Waals surface area contributed by atoms with Gasteiger partial charge in [0.1, 0.15) is 0 Å². The summed E-state index contributed by atoms with van der Waals surface area (Å²) >= 11 is 0. The predicted octanol–water partition coefficient (Wildman–Crippen LogP) is 3.07. The van der Waals surface area contributed by atoms with Gasteiger partial charge in [-0.2, -0.15) is 8.91 Å². The normalized spacial score (nSPS) is 16.5. The molecule has 0 radical (unpaired) electrons. The van der Waals surface area contributed by atoms with Gasteiger partial charge in [-0.1, -0.05) is 30.3 Å². The standard InChI is InChI=1S/C23H25FN6O2/c1-31-19-15(11-13-7-4-3-5-8-13)18-16(20(32-2)17(19)24)22-28-21(14-9-6-10-26-12-14)29-30(22)23(25)27-18/h3-5,7-8,14,26H,6,9-12H2,1-2H3,(H2,25,27). The van der Waals surface area contributed by atoms with Crippen LogP contribution in [0.15, 0.2) is 30.3 Å². The van der Waals surface area contributed by atoms with Crippen molar-refractivity contribution >= 4 is 22.5 Å². The lowest BCUT2D eigenvalue weighted by atomic mass is 9.99. The summed E-state index contributed by atoms with van der Waals surface area (Å²) in [6.45, 7) is 1.78. The Balaban J connectivity index is 1.80. The Morgan fingerprint density at radius 1 is 1.16 bits per heavy atom. The third-order valence-electron chi connectivity index (χ3n) is 6.01. The summed E-state index contributed by atoms with van der Waals surface area (Å²) in [7, 11) is 2.86. The zero-order chi connectivity index (χ0) is 22.2. The maximum absolute atomic E-state index is 15.6. The van der Waals surface area contributed by atoms with Crippen LogP contribution in [0, 0.1) is 5.82 Å². The van der Waals surface area contributed by atoms with Crippen LogP contribution in [0.5, 0.6) is 11.5 Å². The van der Waals surface area contributed by atoms with Gasteiger partial charge in [-0.25, -0.2) is 9.97 Å². The van der Waals surface area contributed by atoms with Crippen molar-refractivity contribution in [2.24, 2.45) is 0 Å². The molecule has 32 heavy (non-hydrogen) atoms. The Kier molecular flexibility index (Phi) is 5.26. The smallest absolute Gasteiger partial charge is 0.223 e. The molecule has 2 aromatic carbocycles. The summed E-state index contributed by atoms with van der Waals surface area (Å²) in [6, 6.07) is 9.76. The van der Waals surface area contributed by atoms with E-state index in [1.165, 1.54) is 18.7 Å². The maximum Gasteiger partial charge on any atom is 0.223 e. The van der Waals surface area contributed by atoms with Crippen LogP contribution in [-0.4, -0.2) is 46.9 Å². The molecule has 0 amide bonds. The molecule has 0 bridgehead atoms. The van der Waals surface area contributed by atoms with Crippen molar-refractivity contribution in [3.63, 3.8) is 0 Å². The van der Waals surface area contributed by atoms with E-state index < -0.39 is 5.82 Å². The zero-order valence-corrected chi connectivity index (χ0v) is 18.1. The topological polar surface area (TPSA) is 99.6 Å². The number of piperidine rings is 1. The van der Waals surface area contributed by atoms with E-state index in [2.05, 4.69) is 15.4 Å². The van der Waals surface area contributed by atoms with Crippen LogP contribution in [0.25, 0.3) is 16.6 Å². The molecule has 0 spiro atoms. The van der Waals surface area contributed by atoms with Crippen molar-refractivity contribution in [3.05, 3.63) is 53.1 Å². The van der Waals surface area contributed by atoms with Crippen molar-refractivity contribution in [2.75, 3.05) is 33.0 Å². The predicted molar refractivity (Wildman–Crippen MR) is 120 cm³/mol. The molecule has 1 atom stereocenters. The van der Waals surface area contributed by atoms with Gasteiger partial charge in [0.25, 0.3) is 0 Å². The number of aromatic nitrogens is 4. The molecule has 1 aliphatic rings. The van der Waals surface area contributed by atoms with E-state index >= 15 is 4.39 Å². The Hall–Kier alpha value is -3.46. The molecule has 0 saturated carbocycles. The Bertz CT molecular complexity index is 1280. The molecular formula is C23H25FN6O2. The number of anilines is 1. The molecule has 3 N–H and O–H groups in total. The fourth-order valence-electron chi connectivity index (χ4n) is 4.47. The lowest BCUT2D eigenvalue weighted by Gasteiger charge is -2.19. The van der Waals surface area contributed by atoms with Gasteiger partial charge in [0.2, 0.25) is 11.8 Å². The van der Waals surface area contributed by atoms with Crippen LogP contribution in [-0.2, 0) is 6.42 Å². The van der Waals surface area contributed by atoms with E-state index in [0.717, 1.165) is 31.5 Å². The van der Waals surface area contributed by atoms with Crippen LogP contribution in [0.4, 0.5) is 10.3 Å². The van der Waals surface area contributed by atoms with Crippen molar-refractivity contribution in [3.8, 4) is 11.5 Å². The fourth-order valence-corrected chi connectivity index (χ4v) is 4.47. The van der Waals surface area contributed by atoms with Gasteiger partial charge in [0, 0.05) is 24.4 Å². The van der Waals surface area contributed by atoms with Crippen LogP contribution in [0.2, 0.25) is 0 Å². The van der Waals surface area contributed by atoms with Crippen LogP contribution in [0.1, 0.15) is 35.7 Å². The second kappa shape index (κ2) is 8.23. The summed E-state index contributed by atoms with van der Waals surface area (Å²) in [5.74, 6) is 0.528. The average Bonchev–Trinajstić information content (AvgIpc) is 3.28. The minimum absolute atomic E-state index is 0.0203. The lowest BCUT2D eigenvalue weighted by molar-refractivity contribution is 0.351. The molecule has 166 valence electrons. The summed E-state index contributed by atoms with van der Waals surface area (Å²) < 4.78 is 28.0. The lowest BCUT2D eigenvalue weighted by Crippen LogP contribution is -2.29. The molecule has 1 unspecified atom stereocenters. The number of nitrogens with zero attached hydrogens (tertiary/aromatic N) is 4. The highest BCUT2D eigenvalue weighted by molar-refractivity contribution is 6.01. The molecule has 1 aliphatic heterocycles. The number of hydrogen-bond acceptors (Lipinski definition) is 7. The number of fused-ring (bicyclic) bond motifs is 3. The Morgan fingerprint density at radius 2 is 1.94 bits per heavy atom. The van der Waals surface area contributed by atoms with Gasteiger partial charge in [0.15, 0.2) is 23.0 Å². The van der Waals surface area contributed by atoms with Gasteiger partial charge >= 0.3 is 0 Å². The SMILES string of the molecule is COc1c(F)c(OC)c2c(nc(N)n3nc(C4CCCNC4)nc23)c1Cc1ccccc1. The maximum atomic E-state index is 15.6. The molecular weight excluding hydrogens is 411 g/mol. The summed E-state index contributed by atoms with van der Waals surface area (Å²) in [5.41, 5.74) is 8.81. The van der Waals surface area contributed by atoms with E-state index in [1.807, 2.05) is 30.3 Å². The van der Waals surface area contributed by atoms with Gasteiger partial charge in [-0.15, -0.1) is 5.10 Å². The van der Waals surface area contributed by atoms with Gasteiger partial charge in [-0.3, -0.25) is 0 Å². The zero-order valence-electron chi connectivity index (χ0n) is 18.1. The Morgan fingerprint density at radius 3 is 2.62 bits per heavy atom. The second-order valence-corrected chi connectivity index (χ2v) is 7.96. The van der Waals surface area contributed by atoms with E-state index in [1.54, 1.807) is 0 Å².